The maximum atomic E-state index is 12.8. The summed E-state index contributed by atoms with van der Waals surface area (Å²) in [5, 5.41) is 19.9. The highest BCUT2D eigenvalue weighted by molar-refractivity contribution is 5.93. The molecule has 3 heterocycles. The van der Waals surface area contributed by atoms with Crippen molar-refractivity contribution in [1.29, 1.82) is 0 Å². The average Bonchev–Trinajstić information content (AvgIpc) is 3.28. The lowest BCUT2D eigenvalue weighted by Gasteiger charge is -2.38. The van der Waals surface area contributed by atoms with E-state index in [0.717, 1.165) is 17.1 Å². The molecule has 1 amide bonds. The highest BCUT2D eigenvalue weighted by Gasteiger charge is 2.35. The number of hydrogen-bond donors (Lipinski definition) is 3. The minimum absolute atomic E-state index is 0.0717. The fourth-order valence-electron chi connectivity index (χ4n) is 3.58. The Kier molecular flexibility index (Phi) is 4.77. The van der Waals surface area contributed by atoms with Crippen molar-refractivity contribution >= 4 is 5.91 Å². The highest BCUT2D eigenvalue weighted by atomic mass is 16.3. The van der Waals surface area contributed by atoms with Crippen LogP contribution in [-0.4, -0.2) is 42.9 Å². The summed E-state index contributed by atoms with van der Waals surface area (Å²) in [6, 6.07) is 11.4. The molecular formula is C20H23N5O2. The molecule has 0 radical (unpaired) electrons. The van der Waals surface area contributed by atoms with Crippen LogP contribution in [0, 0.1) is 5.92 Å². The van der Waals surface area contributed by atoms with Gasteiger partial charge in [0.1, 0.15) is 11.4 Å². The van der Waals surface area contributed by atoms with Crippen LogP contribution in [0.3, 0.4) is 0 Å². The van der Waals surface area contributed by atoms with Crippen molar-refractivity contribution in [2.24, 2.45) is 13.0 Å². The third kappa shape index (κ3) is 3.78. The molecule has 0 spiro atoms. The third-order valence-electron chi connectivity index (χ3n) is 5.22. The molecule has 1 saturated carbocycles. The van der Waals surface area contributed by atoms with E-state index in [1.165, 1.54) is 0 Å². The summed E-state index contributed by atoms with van der Waals surface area (Å²) in [5.41, 5.74) is 3.03. The van der Waals surface area contributed by atoms with Gasteiger partial charge in [-0.2, -0.15) is 5.10 Å². The number of nitrogens with zero attached hydrogens (tertiary/aromatic N) is 3. The number of amides is 1. The van der Waals surface area contributed by atoms with Crippen LogP contribution in [0.4, 0.5) is 0 Å². The van der Waals surface area contributed by atoms with Crippen molar-refractivity contribution in [3.63, 3.8) is 0 Å². The summed E-state index contributed by atoms with van der Waals surface area (Å²) in [6.07, 6.45) is 5.47. The number of carbonyl (C=O) groups excluding carboxylic acids is 1. The molecule has 1 aliphatic rings. The Labute approximate surface area is 157 Å². The molecule has 1 fully saturated rings. The summed E-state index contributed by atoms with van der Waals surface area (Å²) in [6.45, 7) is 0. The number of pyridine rings is 1. The predicted molar refractivity (Wildman–Crippen MR) is 101 cm³/mol. The summed E-state index contributed by atoms with van der Waals surface area (Å²) in [4.78, 5) is 17.1. The normalized spacial score (nSPS) is 20.1. The van der Waals surface area contributed by atoms with Gasteiger partial charge in [-0.15, -0.1) is 0 Å². The number of H-pyrrole nitrogens is 1. The van der Waals surface area contributed by atoms with Gasteiger partial charge < -0.3 is 15.0 Å². The van der Waals surface area contributed by atoms with Crippen LogP contribution in [0.15, 0.2) is 48.8 Å². The smallest absolute Gasteiger partial charge is 0.269 e. The lowest BCUT2D eigenvalue weighted by Crippen LogP contribution is -2.48. The Morgan fingerprint density at radius 1 is 1.37 bits per heavy atom. The number of nitrogens with one attached hydrogen (secondary N) is 2. The summed E-state index contributed by atoms with van der Waals surface area (Å²) >= 11 is 0. The first-order valence-electron chi connectivity index (χ1n) is 9.16. The van der Waals surface area contributed by atoms with E-state index >= 15 is 0 Å². The molecule has 3 aromatic rings. The molecule has 1 aliphatic carbocycles. The fourth-order valence-corrected chi connectivity index (χ4v) is 3.58. The molecule has 1 atom stereocenters. The van der Waals surface area contributed by atoms with Crippen LogP contribution < -0.4 is 5.32 Å². The van der Waals surface area contributed by atoms with Crippen LogP contribution in [0.25, 0.3) is 11.4 Å². The van der Waals surface area contributed by atoms with E-state index < -0.39 is 0 Å². The minimum atomic E-state index is -0.269. The van der Waals surface area contributed by atoms with Gasteiger partial charge in [0.25, 0.3) is 5.91 Å². The zero-order chi connectivity index (χ0) is 18.8. The molecule has 0 saturated heterocycles. The third-order valence-corrected chi connectivity index (χ3v) is 5.22. The second-order valence-electron chi connectivity index (χ2n) is 7.16. The molecular weight excluding hydrogens is 342 g/mol. The first-order valence-corrected chi connectivity index (χ1v) is 9.16. The minimum Gasteiger partial charge on any atom is -0.393 e. The summed E-state index contributed by atoms with van der Waals surface area (Å²) in [5.74, 6) is 0.0616. The molecule has 0 aromatic carbocycles. The lowest BCUT2D eigenvalue weighted by atomic mass is 9.76. The largest absolute Gasteiger partial charge is 0.393 e. The second kappa shape index (κ2) is 7.36. The number of hydrogen-bond acceptors (Lipinski definition) is 4. The van der Waals surface area contributed by atoms with Crippen molar-refractivity contribution in [1.82, 2.24) is 25.1 Å². The van der Waals surface area contributed by atoms with Crippen LogP contribution >= 0.6 is 0 Å². The van der Waals surface area contributed by atoms with E-state index in [1.807, 2.05) is 48.1 Å². The van der Waals surface area contributed by atoms with Gasteiger partial charge in [0.05, 0.1) is 11.8 Å². The van der Waals surface area contributed by atoms with Crippen LogP contribution in [-0.2, 0) is 13.5 Å². The molecule has 3 N–H and O–H groups in total. The first-order chi connectivity index (χ1) is 13.1. The Balaban J connectivity index is 1.48. The molecule has 4 rings (SSSR count). The fraction of sp³-hybridized carbons (Fsp3) is 0.350. The van der Waals surface area contributed by atoms with Crippen LogP contribution in [0.5, 0.6) is 0 Å². The quantitative estimate of drug-likeness (QED) is 0.622. The van der Waals surface area contributed by atoms with Crippen molar-refractivity contribution < 1.29 is 9.90 Å². The topological polar surface area (TPSA) is 95.8 Å². The Bertz CT molecular complexity index is 911. The number of carbonyl (C=O) groups is 1. The Morgan fingerprint density at radius 3 is 2.89 bits per heavy atom. The van der Waals surface area contributed by atoms with Crippen molar-refractivity contribution in [2.75, 3.05) is 0 Å². The van der Waals surface area contributed by atoms with E-state index in [9.17, 15) is 9.90 Å². The van der Waals surface area contributed by atoms with Gasteiger partial charge in [-0.1, -0.05) is 6.07 Å². The molecule has 7 heteroatoms. The Hall–Kier alpha value is -2.93. The van der Waals surface area contributed by atoms with Crippen molar-refractivity contribution in [3.8, 4) is 11.4 Å². The van der Waals surface area contributed by atoms with Gasteiger partial charge in [-0.3, -0.25) is 14.9 Å². The Morgan fingerprint density at radius 2 is 2.22 bits per heavy atom. The van der Waals surface area contributed by atoms with Gasteiger partial charge in [0.2, 0.25) is 0 Å². The van der Waals surface area contributed by atoms with Crippen LogP contribution in [0.2, 0.25) is 0 Å². The molecule has 0 bridgehead atoms. The second-order valence-corrected chi connectivity index (χ2v) is 7.16. The molecule has 27 heavy (non-hydrogen) atoms. The maximum Gasteiger partial charge on any atom is 0.269 e. The first kappa shape index (κ1) is 17.5. The van der Waals surface area contributed by atoms with E-state index in [0.29, 0.717) is 25.0 Å². The zero-order valence-corrected chi connectivity index (χ0v) is 15.2. The number of aryl methyl sites for hydroxylation is 1. The predicted octanol–water partition coefficient (Wildman–Crippen LogP) is 1.92. The van der Waals surface area contributed by atoms with Crippen molar-refractivity contribution in [3.05, 3.63) is 60.2 Å². The SMILES string of the molecule is Cn1cccc1-c1cc(C(=O)N[C@@H](Cc2ccccn2)C2CC(O)C2)[nH]n1. The van der Waals surface area contributed by atoms with E-state index in [4.69, 9.17) is 0 Å². The maximum absolute atomic E-state index is 12.8. The average molecular weight is 365 g/mol. The van der Waals surface area contributed by atoms with Gasteiger partial charge in [-0.25, -0.2) is 0 Å². The summed E-state index contributed by atoms with van der Waals surface area (Å²) < 4.78 is 1.96. The lowest BCUT2D eigenvalue weighted by molar-refractivity contribution is 0.0237. The van der Waals surface area contributed by atoms with E-state index in [-0.39, 0.29) is 24.0 Å². The van der Waals surface area contributed by atoms with Gasteiger partial charge >= 0.3 is 0 Å². The van der Waals surface area contributed by atoms with E-state index in [2.05, 4.69) is 20.5 Å². The monoisotopic (exact) mass is 365 g/mol. The van der Waals surface area contributed by atoms with Crippen LogP contribution in [0.1, 0.15) is 29.0 Å². The molecule has 3 aromatic heterocycles. The number of rotatable bonds is 6. The van der Waals surface area contributed by atoms with Gasteiger partial charge in [0, 0.05) is 37.6 Å². The molecule has 140 valence electrons. The van der Waals surface area contributed by atoms with Gasteiger partial charge in [-0.05, 0) is 49.1 Å². The molecule has 0 unspecified atom stereocenters. The molecule has 0 aliphatic heterocycles. The molecule has 7 nitrogen and oxygen atoms in total. The highest BCUT2D eigenvalue weighted by Crippen LogP contribution is 2.31. The number of aliphatic hydroxyl groups excluding tert-OH is 1. The standard InChI is InChI=1S/C20H23N5O2/c1-25-8-4-6-19(25)17-12-18(24-23-17)20(27)22-16(13-9-15(26)10-13)11-14-5-2-3-7-21-14/h2-8,12-13,15-16,26H,9-11H2,1H3,(H,22,27)(H,23,24)/t13?,15?,16-/m0/s1. The number of aromatic nitrogens is 4. The summed E-state index contributed by atoms with van der Waals surface area (Å²) in [7, 11) is 1.94. The van der Waals surface area contributed by atoms with Gasteiger partial charge in [0.15, 0.2) is 0 Å². The zero-order valence-electron chi connectivity index (χ0n) is 15.2. The number of aliphatic hydroxyl groups is 1. The van der Waals surface area contributed by atoms with Crippen molar-refractivity contribution in [2.45, 2.75) is 31.4 Å². The van der Waals surface area contributed by atoms with E-state index in [1.54, 1.807) is 12.3 Å². The number of aromatic amines is 1.